The van der Waals surface area contributed by atoms with Crippen LogP contribution >= 0.6 is 11.6 Å². The van der Waals surface area contributed by atoms with Gasteiger partial charge in [0.25, 0.3) is 0 Å². The summed E-state index contributed by atoms with van der Waals surface area (Å²) < 4.78 is 26.8. The maximum atomic E-state index is 13.3. The molecular weight excluding hydrogens is 450 g/mol. The largest absolute Gasteiger partial charge is 0.355 e. The van der Waals surface area contributed by atoms with Gasteiger partial charge in [-0.3, -0.25) is 9.59 Å². The van der Waals surface area contributed by atoms with Gasteiger partial charge >= 0.3 is 0 Å². The quantitative estimate of drug-likeness (QED) is 0.566. The molecule has 2 rings (SSSR count). The first-order valence-electron chi connectivity index (χ1n) is 10.4. The highest BCUT2D eigenvalue weighted by Crippen LogP contribution is 2.19. The number of hydrogen-bond donors (Lipinski definition) is 1. The van der Waals surface area contributed by atoms with Gasteiger partial charge in [-0.05, 0) is 50.1 Å². The highest BCUT2D eigenvalue weighted by atomic mass is 35.5. The Morgan fingerprint density at radius 2 is 1.62 bits per heavy atom. The number of nitrogens with one attached hydrogen (secondary N) is 1. The van der Waals surface area contributed by atoms with Crippen LogP contribution in [0.15, 0.2) is 53.4 Å². The molecule has 0 aromatic heterocycles. The van der Waals surface area contributed by atoms with E-state index < -0.39 is 28.5 Å². The molecule has 0 aliphatic heterocycles. The number of amides is 2. The molecule has 0 bridgehead atoms. The van der Waals surface area contributed by atoms with Crippen LogP contribution in [0, 0.1) is 6.92 Å². The van der Waals surface area contributed by atoms with Gasteiger partial charge in [0.05, 0.1) is 11.4 Å². The zero-order valence-electron chi connectivity index (χ0n) is 18.8. The molecule has 0 heterocycles. The van der Waals surface area contributed by atoms with E-state index in [-0.39, 0.29) is 17.3 Å². The summed E-state index contributed by atoms with van der Waals surface area (Å²) in [5.41, 5.74) is 1.94. The third kappa shape index (κ3) is 6.54. The van der Waals surface area contributed by atoms with Crippen LogP contribution < -0.4 is 5.32 Å². The number of carbonyl (C=O) groups is 2. The minimum atomic E-state index is -3.90. The van der Waals surface area contributed by atoms with Crippen molar-refractivity contribution >= 4 is 33.4 Å². The van der Waals surface area contributed by atoms with Crippen LogP contribution in [0.2, 0.25) is 5.02 Å². The Morgan fingerprint density at radius 1 is 1.03 bits per heavy atom. The van der Waals surface area contributed by atoms with Crippen molar-refractivity contribution < 1.29 is 18.0 Å². The molecule has 0 aliphatic rings. The molecule has 9 heteroatoms. The molecule has 7 nitrogen and oxygen atoms in total. The van der Waals surface area contributed by atoms with Gasteiger partial charge in [0, 0.05) is 25.2 Å². The first-order valence-corrected chi connectivity index (χ1v) is 12.3. The summed E-state index contributed by atoms with van der Waals surface area (Å²) >= 11 is 5.85. The fourth-order valence-electron chi connectivity index (χ4n) is 3.25. The number of nitrogens with zero attached hydrogens (tertiary/aromatic N) is 2. The molecule has 0 radical (unpaired) electrons. The molecule has 174 valence electrons. The van der Waals surface area contributed by atoms with E-state index in [0.29, 0.717) is 18.0 Å². The standard InChI is InChI=1S/C23H30ClN3O4S/c1-5-21(23(29)25-6-2)27(15-18-9-7-17(3)8-10-18)22(28)16-26(4)32(30,31)20-13-11-19(24)12-14-20/h7-14,21H,5-6,15-16H2,1-4H3,(H,25,29)/t21-/m0/s1. The lowest BCUT2D eigenvalue weighted by Crippen LogP contribution is -2.51. The second-order valence-electron chi connectivity index (χ2n) is 7.54. The molecule has 2 aromatic rings. The summed E-state index contributed by atoms with van der Waals surface area (Å²) in [6, 6.07) is 12.7. The van der Waals surface area contributed by atoms with Crippen molar-refractivity contribution in [1.29, 1.82) is 0 Å². The molecule has 0 spiro atoms. The van der Waals surface area contributed by atoms with E-state index in [1.165, 1.54) is 36.2 Å². The van der Waals surface area contributed by atoms with E-state index in [2.05, 4.69) is 5.32 Å². The van der Waals surface area contributed by atoms with Gasteiger partial charge in [-0.15, -0.1) is 0 Å². The Morgan fingerprint density at radius 3 is 2.16 bits per heavy atom. The lowest BCUT2D eigenvalue weighted by molar-refractivity contribution is -0.141. The minimum absolute atomic E-state index is 0.0399. The number of halogens is 1. The van der Waals surface area contributed by atoms with Gasteiger partial charge < -0.3 is 10.2 Å². The topological polar surface area (TPSA) is 86.8 Å². The van der Waals surface area contributed by atoms with Crippen LogP contribution in [0.3, 0.4) is 0 Å². The predicted octanol–water partition coefficient (Wildman–Crippen LogP) is 3.21. The predicted molar refractivity (Wildman–Crippen MR) is 126 cm³/mol. The monoisotopic (exact) mass is 479 g/mol. The average molecular weight is 480 g/mol. The van der Waals surface area contributed by atoms with Gasteiger partial charge in [-0.1, -0.05) is 48.4 Å². The molecule has 1 N–H and O–H groups in total. The lowest BCUT2D eigenvalue weighted by atomic mass is 10.1. The number of hydrogen-bond acceptors (Lipinski definition) is 4. The normalized spacial score (nSPS) is 12.4. The number of carbonyl (C=O) groups excluding carboxylic acids is 2. The Kier molecular flexibility index (Phi) is 9.24. The fourth-order valence-corrected chi connectivity index (χ4v) is 4.50. The van der Waals surface area contributed by atoms with Crippen LogP contribution in [0.25, 0.3) is 0 Å². The zero-order chi connectivity index (χ0) is 23.9. The van der Waals surface area contributed by atoms with Crippen molar-refractivity contribution in [3.63, 3.8) is 0 Å². The van der Waals surface area contributed by atoms with Gasteiger partial charge in [0.15, 0.2) is 0 Å². The second kappa shape index (κ2) is 11.4. The van der Waals surface area contributed by atoms with Crippen molar-refractivity contribution in [1.82, 2.24) is 14.5 Å². The second-order valence-corrected chi connectivity index (χ2v) is 10.0. The first kappa shape index (κ1) is 25.8. The maximum Gasteiger partial charge on any atom is 0.243 e. The molecule has 2 aromatic carbocycles. The smallest absolute Gasteiger partial charge is 0.243 e. The number of sulfonamides is 1. The summed E-state index contributed by atoms with van der Waals surface area (Å²) in [6.07, 6.45) is 0.400. The van der Waals surface area contributed by atoms with Crippen molar-refractivity contribution in [2.24, 2.45) is 0 Å². The summed E-state index contributed by atoms with van der Waals surface area (Å²) in [7, 11) is -2.55. The van der Waals surface area contributed by atoms with Crippen molar-refractivity contribution in [2.75, 3.05) is 20.1 Å². The van der Waals surface area contributed by atoms with Gasteiger partial charge in [0.2, 0.25) is 21.8 Å². The zero-order valence-corrected chi connectivity index (χ0v) is 20.4. The third-order valence-electron chi connectivity index (χ3n) is 5.09. The molecule has 0 fully saturated rings. The Labute approximate surface area is 195 Å². The average Bonchev–Trinajstić information content (AvgIpc) is 2.75. The summed E-state index contributed by atoms with van der Waals surface area (Å²) in [5.74, 6) is -0.720. The van der Waals surface area contributed by atoms with Crippen LogP contribution in [-0.2, 0) is 26.2 Å². The number of benzene rings is 2. The highest BCUT2D eigenvalue weighted by Gasteiger charge is 2.31. The number of aryl methyl sites for hydroxylation is 1. The number of rotatable bonds is 10. The van der Waals surface area contributed by atoms with E-state index in [9.17, 15) is 18.0 Å². The third-order valence-corrected chi connectivity index (χ3v) is 7.16. The Hall–Kier alpha value is -2.42. The van der Waals surface area contributed by atoms with Crippen LogP contribution in [0.4, 0.5) is 0 Å². The van der Waals surface area contributed by atoms with Crippen LogP contribution in [-0.4, -0.2) is 55.6 Å². The Balaban J connectivity index is 2.30. The van der Waals surface area contributed by atoms with E-state index in [0.717, 1.165) is 15.4 Å². The van der Waals surface area contributed by atoms with E-state index in [4.69, 9.17) is 11.6 Å². The van der Waals surface area contributed by atoms with E-state index in [1.54, 1.807) is 0 Å². The molecule has 0 saturated carbocycles. The molecule has 2 amide bonds. The molecule has 0 aliphatic carbocycles. The minimum Gasteiger partial charge on any atom is -0.355 e. The Bertz CT molecular complexity index is 1020. The van der Waals surface area contributed by atoms with Crippen LogP contribution in [0.5, 0.6) is 0 Å². The fraction of sp³-hybridized carbons (Fsp3) is 0.391. The molecule has 0 saturated heterocycles. The highest BCUT2D eigenvalue weighted by molar-refractivity contribution is 7.89. The van der Waals surface area contributed by atoms with Gasteiger partial charge in [0.1, 0.15) is 6.04 Å². The van der Waals surface area contributed by atoms with Crippen molar-refractivity contribution in [2.45, 2.75) is 44.7 Å². The molecule has 32 heavy (non-hydrogen) atoms. The SMILES string of the molecule is CCNC(=O)[C@H](CC)N(Cc1ccc(C)cc1)C(=O)CN(C)S(=O)(=O)c1ccc(Cl)cc1. The summed E-state index contributed by atoms with van der Waals surface area (Å²) in [4.78, 5) is 27.4. The van der Waals surface area contributed by atoms with Gasteiger partial charge in [-0.2, -0.15) is 4.31 Å². The number of likely N-dealkylation sites (N-methyl/N-ethyl adjacent to an activating group) is 2. The molecule has 1 atom stereocenters. The van der Waals surface area contributed by atoms with E-state index in [1.807, 2.05) is 45.0 Å². The van der Waals surface area contributed by atoms with E-state index >= 15 is 0 Å². The van der Waals surface area contributed by atoms with Crippen molar-refractivity contribution in [3.8, 4) is 0 Å². The summed E-state index contributed by atoms with van der Waals surface area (Å²) in [5, 5.41) is 3.18. The molecular formula is C23H30ClN3O4S. The maximum absolute atomic E-state index is 13.3. The van der Waals surface area contributed by atoms with Gasteiger partial charge in [-0.25, -0.2) is 8.42 Å². The lowest BCUT2D eigenvalue weighted by Gasteiger charge is -2.32. The van der Waals surface area contributed by atoms with Crippen LogP contribution in [0.1, 0.15) is 31.4 Å². The molecule has 0 unspecified atom stereocenters. The first-order chi connectivity index (χ1) is 15.1. The summed E-state index contributed by atoms with van der Waals surface area (Å²) in [6.45, 7) is 5.84. The van der Waals surface area contributed by atoms with Crippen molar-refractivity contribution in [3.05, 3.63) is 64.7 Å².